The molecule has 3 amide bonds. The Hall–Kier alpha value is -4.04. The number of non-ortho nitro benzene ring substituents is 1. The first-order valence-electron chi connectivity index (χ1n) is 10.5. The second-order valence-corrected chi connectivity index (χ2v) is 9.52. The number of amides is 3. The van der Waals surface area contributed by atoms with Crippen LogP contribution in [0.4, 0.5) is 16.2 Å². The molecule has 3 rings (SSSR count). The topological polar surface area (TPSA) is 188 Å². The number of benzene rings is 2. The zero-order chi connectivity index (χ0) is 25.6. The number of urea groups is 1. The molecule has 2 atom stereocenters. The van der Waals surface area contributed by atoms with E-state index in [9.17, 15) is 38.0 Å². The first kappa shape index (κ1) is 25.6. The van der Waals surface area contributed by atoms with E-state index >= 15 is 0 Å². The minimum Gasteiger partial charge on any atom is -0.480 e. The number of aliphatic carboxylic acids is 1. The first-order valence-corrected chi connectivity index (χ1v) is 11.9. The van der Waals surface area contributed by atoms with Gasteiger partial charge in [0.15, 0.2) is 0 Å². The number of para-hydroxylation sites is 1. The number of carboxylic acids is 1. The Bertz CT molecular complexity index is 1200. The van der Waals surface area contributed by atoms with E-state index in [4.69, 9.17) is 0 Å². The zero-order valence-corrected chi connectivity index (χ0v) is 19.1. The molecule has 2 aromatic carbocycles. The molecule has 1 aliphatic rings. The summed E-state index contributed by atoms with van der Waals surface area (Å²) in [5.41, 5.74) is 0.201. The number of carbonyl (C=O) groups is 3. The molecule has 1 saturated heterocycles. The molecule has 2 unspecified atom stereocenters. The molecule has 0 aliphatic carbocycles. The van der Waals surface area contributed by atoms with Crippen LogP contribution in [-0.2, 0) is 19.6 Å². The lowest BCUT2D eigenvalue weighted by atomic mass is 10.2. The fraction of sp³-hybridized carbons (Fsp3) is 0.286. The van der Waals surface area contributed by atoms with Gasteiger partial charge in [0.25, 0.3) is 5.69 Å². The van der Waals surface area contributed by atoms with E-state index in [2.05, 4.69) is 16.0 Å². The standard InChI is InChI=1S/C21H23N5O8S/c27-19(24-17(20(28)29)13-22-21(30)23-14-5-2-1-3-6-14)18-7-4-12-25(18)35(33,34)16-10-8-15(9-11-16)26(31)32/h1-3,5-6,8-11,17-18H,4,7,12-13H2,(H,24,27)(H,28,29)(H2,22,23,30). The number of anilines is 1. The zero-order valence-electron chi connectivity index (χ0n) is 18.3. The highest BCUT2D eigenvalue weighted by atomic mass is 32.2. The highest BCUT2D eigenvalue weighted by molar-refractivity contribution is 7.89. The Morgan fingerprint density at radius 2 is 1.77 bits per heavy atom. The molecule has 0 spiro atoms. The SMILES string of the molecule is O=C(NCC(NC(=O)C1CCCN1S(=O)(=O)c1ccc([N+](=O)[O-])cc1)C(=O)O)Nc1ccccc1. The lowest BCUT2D eigenvalue weighted by molar-refractivity contribution is -0.384. The second-order valence-electron chi connectivity index (χ2n) is 7.63. The smallest absolute Gasteiger partial charge is 0.328 e. The van der Waals surface area contributed by atoms with Gasteiger partial charge in [-0.1, -0.05) is 18.2 Å². The van der Waals surface area contributed by atoms with Crippen LogP contribution in [-0.4, -0.2) is 65.8 Å². The van der Waals surface area contributed by atoms with Crippen LogP contribution in [0.5, 0.6) is 0 Å². The Kier molecular flexibility index (Phi) is 7.98. The summed E-state index contributed by atoms with van der Waals surface area (Å²) in [7, 11) is -4.17. The monoisotopic (exact) mass is 505 g/mol. The van der Waals surface area contributed by atoms with Crippen molar-refractivity contribution < 1.29 is 32.8 Å². The highest BCUT2D eigenvalue weighted by Gasteiger charge is 2.40. The Morgan fingerprint density at radius 1 is 1.11 bits per heavy atom. The molecule has 0 saturated carbocycles. The van der Waals surface area contributed by atoms with Crippen molar-refractivity contribution in [2.75, 3.05) is 18.4 Å². The maximum Gasteiger partial charge on any atom is 0.328 e. The third kappa shape index (κ3) is 6.30. The summed E-state index contributed by atoms with van der Waals surface area (Å²) in [5.74, 6) is -2.24. The minimum absolute atomic E-state index is 0.0207. The number of nitrogens with zero attached hydrogens (tertiary/aromatic N) is 2. The maximum absolute atomic E-state index is 13.0. The molecule has 35 heavy (non-hydrogen) atoms. The van der Waals surface area contributed by atoms with E-state index in [-0.39, 0.29) is 23.5 Å². The van der Waals surface area contributed by atoms with Crippen LogP contribution in [0.2, 0.25) is 0 Å². The number of sulfonamides is 1. The van der Waals surface area contributed by atoms with Crippen molar-refractivity contribution in [3.8, 4) is 0 Å². The Morgan fingerprint density at radius 3 is 2.37 bits per heavy atom. The van der Waals surface area contributed by atoms with Gasteiger partial charge in [-0.2, -0.15) is 4.31 Å². The van der Waals surface area contributed by atoms with Crippen LogP contribution in [0.25, 0.3) is 0 Å². The molecule has 2 aromatic rings. The normalized spacial score (nSPS) is 16.7. The van der Waals surface area contributed by atoms with E-state index in [1.165, 1.54) is 0 Å². The predicted octanol–water partition coefficient (Wildman–Crippen LogP) is 1.14. The second kappa shape index (κ2) is 10.9. The van der Waals surface area contributed by atoms with Crippen LogP contribution in [0, 0.1) is 10.1 Å². The molecule has 1 aliphatic heterocycles. The van der Waals surface area contributed by atoms with E-state index in [1.807, 2.05) is 0 Å². The minimum atomic E-state index is -4.17. The number of hydrogen-bond acceptors (Lipinski definition) is 7. The Labute approximate surface area is 200 Å². The van der Waals surface area contributed by atoms with Gasteiger partial charge in [0.05, 0.1) is 16.4 Å². The van der Waals surface area contributed by atoms with Gasteiger partial charge in [-0.25, -0.2) is 18.0 Å². The lowest BCUT2D eigenvalue weighted by Gasteiger charge is -2.25. The first-order chi connectivity index (χ1) is 16.6. The molecule has 0 aromatic heterocycles. The van der Waals surface area contributed by atoms with Crippen molar-refractivity contribution in [2.45, 2.75) is 29.8 Å². The van der Waals surface area contributed by atoms with Gasteiger partial charge in [0, 0.05) is 24.4 Å². The number of rotatable bonds is 9. The van der Waals surface area contributed by atoms with Crippen LogP contribution in [0.1, 0.15) is 12.8 Å². The average Bonchev–Trinajstić information content (AvgIpc) is 3.33. The van der Waals surface area contributed by atoms with E-state index in [0.717, 1.165) is 28.6 Å². The summed E-state index contributed by atoms with van der Waals surface area (Å²) < 4.78 is 27.0. The van der Waals surface area contributed by atoms with Crippen molar-refractivity contribution in [1.29, 1.82) is 0 Å². The van der Waals surface area contributed by atoms with Crippen molar-refractivity contribution in [2.24, 2.45) is 0 Å². The average molecular weight is 506 g/mol. The summed E-state index contributed by atoms with van der Waals surface area (Å²) in [4.78, 5) is 46.4. The largest absolute Gasteiger partial charge is 0.480 e. The van der Waals surface area contributed by atoms with Crippen LogP contribution < -0.4 is 16.0 Å². The van der Waals surface area contributed by atoms with Gasteiger partial charge >= 0.3 is 12.0 Å². The summed E-state index contributed by atoms with van der Waals surface area (Å²) in [6.45, 7) is -0.422. The number of carbonyl (C=O) groups excluding carboxylic acids is 2. The van der Waals surface area contributed by atoms with E-state index < -0.39 is 51.5 Å². The maximum atomic E-state index is 13.0. The molecule has 0 bridgehead atoms. The fourth-order valence-electron chi connectivity index (χ4n) is 3.52. The molecular weight excluding hydrogens is 482 g/mol. The molecule has 186 valence electrons. The highest BCUT2D eigenvalue weighted by Crippen LogP contribution is 2.27. The van der Waals surface area contributed by atoms with E-state index in [0.29, 0.717) is 12.1 Å². The molecule has 1 heterocycles. The molecule has 14 heteroatoms. The quantitative estimate of drug-likeness (QED) is 0.288. The van der Waals surface area contributed by atoms with Crippen molar-refractivity contribution in [3.05, 3.63) is 64.7 Å². The summed E-state index contributed by atoms with van der Waals surface area (Å²) in [6, 6.07) is 9.33. The number of carboxylic acid groups (broad SMARTS) is 1. The van der Waals surface area contributed by atoms with Gasteiger partial charge in [0.1, 0.15) is 12.1 Å². The van der Waals surface area contributed by atoms with Gasteiger partial charge in [-0.15, -0.1) is 0 Å². The van der Waals surface area contributed by atoms with Crippen LogP contribution in [0.3, 0.4) is 0 Å². The van der Waals surface area contributed by atoms with Crippen molar-refractivity contribution in [3.63, 3.8) is 0 Å². The van der Waals surface area contributed by atoms with Gasteiger partial charge in [-0.05, 0) is 37.1 Å². The summed E-state index contributed by atoms with van der Waals surface area (Å²) in [6.07, 6.45) is 0.520. The van der Waals surface area contributed by atoms with Crippen molar-refractivity contribution in [1.82, 2.24) is 14.9 Å². The Balaban J connectivity index is 1.65. The van der Waals surface area contributed by atoms with Crippen LogP contribution >= 0.6 is 0 Å². The summed E-state index contributed by atoms with van der Waals surface area (Å²) in [5, 5.41) is 27.4. The number of nitrogens with one attached hydrogen (secondary N) is 3. The third-order valence-corrected chi connectivity index (χ3v) is 7.20. The molecule has 1 fully saturated rings. The molecular formula is C21H23N5O8S. The number of nitro groups is 1. The lowest BCUT2D eigenvalue weighted by Crippen LogP contribution is -2.54. The van der Waals surface area contributed by atoms with E-state index in [1.54, 1.807) is 30.3 Å². The van der Waals surface area contributed by atoms with Gasteiger partial charge in [0.2, 0.25) is 15.9 Å². The third-order valence-electron chi connectivity index (χ3n) is 5.27. The number of hydrogen-bond donors (Lipinski definition) is 4. The predicted molar refractivity (Wildman–Crippen MR) is 123 cm³/mol. The molecule has 4 N–H and O–H groups in total. The van der Waals surface area contributed by atoms with Gasteiger partial charge in [-0.3, -0.25) is 14.9 Å². The molecule has 13 nitrogen and oxygen atoms in total. The fourth-order valence-corrected chi connectivity index (χ4v) is 5.18. The summed E-state index contributed by atoms with van der Waals surface area (Å²) >= 11 is 0. The number of nitro benzene ring substituents is 1. The molecule has 0 radical (unpaired) electrons. The van der Waals surface area contributed by atoms with Crippen LogP contribution in [0.15, 0.2) is 59.5 Å². The van der Waals surface area contributed by atoms with Crippen molar-refractivity contribution >= 4 is 39.3 Å². The van der Waals surface area contributed by atoms with Gasteiger partial charge < -0.3 is 21.1 Å².